The molecule has 0 bridgehead atoms. The van der Waals surface area contributed by atoms with Crippen LogP contribution in [-0.2, 0) is 9.53 Å². The first-order valence-corrected chi connectivity index (χ1v) is 10.6. The van der Waals surface area contributed by atoms with E-state index in [1.807, 2.05) is 13.0 Å². The first-order chi connectivity index (χ1) is 14.5. The predicted octanol–water partition coefficient (Wildman–Crippen LogP) is 6.77. The largest absolute Gasteiger partial charge is 0.466 e. The Balaban J connectivity index is 2.11. The van der Waals surface area contributed by atoms with Crippen LogP contribution < -0.4 is 4.90 Å². The Morgan fingerprint density at radius 3 is 1.80 bits per heavy atom. The number of carbonyl (C=O) groups is 1. The van der Waals surface area contributed by atoms with E-state index in [1.165, 1.54) is 16.7 Å². The Kier molecular flexibility index (Phi) is 7.29. The lowest BCUT2D eigenvalue weighted by Gasteiger charge is -2.38. The Hall–Kier alpha value is -3.07. The highest BCUT2D eigenvalue weighted by molar-refractivity contribution is 5.71. The Labute approximate surface area is 180 Å². The van der Waals surface area contributed by atoms with E-state index in [9.17, 15) is 4.79 Å². The number of ether oxygens (including phenoxy) is 1. The van der Waals surface area contributed by atoms with Crippen LogP contribution in [0.3, 0.4) is 0 Å². The van der Waals surface area contributed by atoms with Gasteiger partial charge in [-0.3, -0.25) is 4.79 Å². The topological polar surface area (TPSA) is 29.5 Å². The maximum absolute atomic E-state index is 12.3. The van der Waals surface area contributed by atoms with Crippen molar-refractivity contribution in [1.29, 1.82) is 0 Å². The van der Waals surface area contributed by atoms with Crippen LogP contribution in [0.25, 0.3) is 0 Å². The second-order valence-electron chi connectivity index (χ2n) is 7.88. The number of anilines is 2. The van der Waals surface area contributed by atoms with E-state index in [0.29, 0.717) is 13.0 Å². The van der Waals surface area contributed by atoms with Gasteiger partial charge in [-0.15, -0.1) is 0 Å². The Morgan fingerprint density at radius 1 is 0.833 bits per heavy atom. The summed E-state index contributed by atoms with van der Waals surface area (Å²) in [4.78, 5) is 14.7. The monoisotopic (exact) mass is 401 g/mol. The maximum Gasteiger partial charge on any atom is 0.306 e. The van der Waals surface area contributed by atoms with Crippen LogP contribution in [-0.4, -0.2) is 12.6 Å². The average Bonchev–Trinajstić information content (AvgIpc) is 2.74. The fourth-order valence-corrected chi connectivity index (χ4v) is 3.86. The summed E-state index contributed by atoms with van der Waals surface area (Å²) in [5.74, 6) is -0.104. The van der Waals surface area contributed by atoms with Crippen LogP contribution >= 0.6 is 0 Å². The van der Waals surface area contributed by atoms with Gasteiger partial charge < -0.3 is 9.64 Å². The van der Waals surface area contributed by atoms with E-state index in [1.54, 1.807) is 0 Å². The molecule has 0 amide bonds. The first kappa shape index (κ1) is 21.6. The molecule has 3 rings (SSSR count). The van der Waals surface area contributed by atoms with E-state index in [0.717, 1.165) is 11.4 Å². The summed E-state index contributed by atoms with van der Waals surface area (Å²) in [6.45, 7) is 8.57. The van der Waals surface area contributed by atoms with Gasteiger partial charge in [0.1, 0.15) is 0 Å². The van der Waals surface area contributed by atoms with Crippen molar-refractivity contribution in [3.05, 3.63) is 95.6 Å². The smallest absolute Gasteiger partial charge is 0.306 e. The molecule has 3 aromatic rings. The van der Waals surface area contributed by atoms with Crippen molar-refractivity contribution in [3.8, 4) is 0 Å². The summed E-state index contributed by atoms with van der Waals surface area (Å²) in [5, 5.41) is 0. The van der Waals surface area contributed by atoms with Crippen LogP contribution in [0.5, 0.6) is 0 Å². The van der Waals surface area contributed by atoms with Gasteiger partial charge in [0, 0.05) is 11.4 Å². The average molecular weight is 402 g/mol. The van der Waals surface area contributed by atoms with Crippen LogP contribution in [0.15, 0.2) is 78.9 Å². The summed E-state index contributed by atoms with van der Waals surface area (Å²) in [5.41, 5.74) is 5.83. The molecule has 0 heterocycles. The lowest BCUT2D eigenvalue weighted by molar-refractivity contribution is -0.144. The molecule has 0 aliphatic carbocycles. The van der Waals surface area contributed by atoms with Gasteiger partial charge in [-0.25, -0.2) is 0 Å². The van der Waals surface area contributed by atoms with Crippen LogP contribution in [0.1, 0.15) is 43.0 Å². The molecule has 3 aromatic carbocycles. The second kappa shape index (κ2) is 10.1. The highest BCUT2D eigenvalue weighted by Crippen LogP contribution is 2.40. The molecule has 2 atom stereocenters. The van der Waals surface area contributed by atoms with Crippen molar-refractivity contribution < 1.29 is 9.53 Å². The van der Waals surface area contributed by atoms with Gasteiger partial charge in [-0.2, -0.15) is 0 Å². The molecular weight excluding hydrogens is 370 g/mol. The number of aryl methyl sites for hydroxylation is 2. The molecule has 0 unspecified atom stereocenters. The fourth-order valence-electron chi connectivity index (χ4n) is 3.86. The highest BCUT2D eigenvalue weighted by atomic mass is 16.5. The quantitative estimate of drug-likeness (QED) is 0.390. The molecule has 0 aromatic heterocycles. The highest BCUT2D eigenvalue weighted by Gasteiger charge is 2.29. The third kappa shape index (κ3) is 5.29. The Bertz CT molecular complexity index is 887. The van der Waals surface area contributed by atoms with E-state index in [4.69, 9.17) is 4.74 Å². The number of esters is 1. The van der Waals surface area contributed by atoms with Crippen molar-refractivity contribution >= 4 is 17.3 Å². The van der Waals surface area contributed by atoms with Crippen molar-refractivity contribution in [2.24, 2.45) is 5.92 Å². The Morgan fingerprint density at radius 2 is 1.33 bits per heavy atom. The van der Waals surface area contributed by atoms with Gasteiger partial charge in [0.25, 0.3) is 0 Å². The minimum absolute atomic E-state index is 0.0129. The van der Waals surface area contributed by atoms with Gasteiger partial charge >= 0.3 is 5.97 Å². The minimum atomic E-state index is -0.154. The lowest BCUT2D eigenvalue weighted by Crippen LogP contribution is -2.30. The summed E-state index contributed by atoms with van der Waals surface area (Å²) in [6.07, 6.45) is 0.363. The van der Waals surface area contributed by atoms with Crippen molar-refractivity contribution in [3.63, 3.8) is 0 Å². The third-order valence-corrected chi connectivity index (χ3v) is 5.38. The molecule has 0 saturated heterocycles. The van der Waals surface area contributed by atoms with Crippen molar-refractivity contribution in [1.82, 2.24) is 0 Å². The van der Waals surface area contributed by atoms with Gasteiger partial charge in [-0.05, 0) is 56.5 Å². The standard InChI is InChI=1S/C27H31NO2/c1-5-30-26(29)19-22(4)27(23-9-7-6-8-10-23)28(24-15-11-20(2)12-16-24)25-17-13-21(3)14-18-25/h6-18,22,27H,5,19H2,1-4H3/t22-,27+/m1/s1. The van der Waals surface area contributed by atoms with E-state index >= 15 is 0 Å². The zero-order chi connectivity index (χ0) is 21.5. The van der Waals surface area contributed by atoms with Gasteiger partial charge in [-0.1, -0.05) is 72.6 Å². The minimum Gasteiger partial charge on any atom is -0.466 e. The third-order valence-electron chi connectivity index (χ3n) is 5.38. The number of carbonyl (C=O) groups excluding carboxylic acids is 1. The molecule has 0 fully saturated rings. The predicted molar refractivity (Wildman–Crippen MR) is 124 cm³/mol. The molecule has 0 radical (unpaired) electrons. The second-order valence-corrected chi connectivity index (χ2v) is 7.88. The molecule has 0 saturated carbocycles. The van der Waals surface area contributed by atoms with Gasteiger partial charge in [0.15, 0.2) is 0 Å². The number of hydrogen-bond acceptors (Lipinski definition) is 3. The maximum atomic E-state index is 12.3. The first-order valence-electron chi connectivity index (χ1n) is 10.6. The fraction of sp³-hybridized carbons (Fsp3) is 0.296. The van der Waals surface area contributed by atoms with Crippen molar-refractivity contribution in [2.75, 3.05) is 11.5 Å². The summed E-state index contributed by atoms with van der Waals surface area (Å²) >= 11 is 0. The molecule has 156 valence electrons. The van der Waals surface area contributed by atoms with Crippen LogP contribution in [0, 0.1) is 19.8 Å². The molecule has 0 aliphatic rings. The molecular formula is C27H31NO2. The van der Waals surface area contributed by atoms with Gasteiger partial charge in [0.05, 0.1) is 19.1 Å². The number of nitrogens with zero attached hydrogens (tertiary/aromatic N) is 1. The zero-order valence-corrected chi connectivity index (χ0v) is 18.3. The zero-order valence-electron chi connectivity index (χ0n) is 18.3. The number of benzene rings is 3. The van der Waals surface area contributed by atoms with Gasteiger partial charge in [0.2, 0.25) is 0 Å². The SMILES string of the molecule is CCOC(=O)C[C@@H](C)[C@@H](c1ccccc1)N(c1ccc(C)cc1)c1ccc(C)cc1. The van der Waals surface area contributed by atoms with Crippen LogP contribution in [0.4, 0.5) is 11.4 Å². The van der Waals surface area contributed by atoms with E-state index in [-0.39, 0.29) is 17.9 Å². The molecule has 0 N–H and O–H groups in total. The molecule has 0 spiro atoms. The van der Waals surface area contributed by atoms with E-state index in [2.05, 4.69) is 98.5 Å². The summed E-state index contributed by atoms with van der Waals surface area (Å²) < 4.78 is 5.26. The number of hydrogen-bond donors (Lipinski definition) is 0. The van der Waals surface area contributed by atoms with E-state index < -0.39 is 0 Å². The lowest BCUT2D eigenvalue weighted by atomic mass is 9.89. The molecule has 3 heteroatoms. The normalized spacial score (nSPS) is 12.8. The molecule has 30 heavy (non-hydrogen) atoms. The molecule has 0 aliphatic heterocycles. The molecule has 3 nitrogen and oxygen atoms in total. The summed E-state index contributed by atoms with van der Waals surface area (Å²) in [7, 11) is 0. The summed E-state index contributed by atoms with van der Waals surface area (Å²) in [6, 6.07) is 27.6. The number of rotatable bonds is 8. The van der Waals surface area contributed by atoms with Crippen LogP contribution in [0.2, 0.25) is 0 Å². The van der Waals surface area contributed by atoms with Crippen molar-refractivity contribution in [2.45, 2.75) is 40.2 Å².